The van der Waals surface area contributed by atoms with Crippen molar-refractivity contribution < 1.29 is 23.5 Å². The van der Waals surface area contributed by atoms with Gasteiger partial charge in [0.05, 0.1) is 0 Å². The molecule has 2 rings (SSSR count). The maximum absolute atomic E-state index is 10.4. The van der Waals surface area contributed by atoms with E-state index in [-0.39, 0.29) is 5.75 Å². The van der Waals surface area contributed by atoms with Crippen molar-refractivity contribution >= 4 is 8.25 Å². The zero-order valence-corrected chi connectivity index (χ0v) is 8.07. The van der Waals surface area contributed by atoms with Gasteiger partial charge < -0.3 is 9.47 Å². The molecule has 0 amide bonds. The van der Waals surface area contributed by atoms with Crippen LogP contribution in [0.1, 0.15) is 0 Å². The molecular weight excluding hydrogens is 207 g/mol. The van der Waals surface area contributed by atoms with Gasteiger partial charge in [0.15, 0.2) is 17.2 Å². The minimum Gasteiger partial charge on any atom is -0.486 e. The molecule has 0 fully saturated rings. The summed E-state index contributed by atoms with van der Waals surface area (Å²) in [6.45, 7) is 0.989. The lowest BCUT2D eigenvalue weighted by Gasteiger charge is -2.17. The van der Waals surface area contributed by atoms with E-state index < -0.39 is 8.25 Å². The molecule has 1 atom stereocenters. The van der Waals surface area contributed by atoms with Crippen LogP contribution in [0.4, 0.5) is 0 Å². The van der Waals surface area contributed by atoms with E-state index in [9.17, 15) is 4.57 Å². The minimum atomic E-state index is -2.64. The molecule has 6 heteroatoms. The fourth-order valence-electron chi connectivity index (χ4n) is 1.17. The fraction of sp³-hybridized carbons (Fsp3) is 0.250. The summed E-state index contributed by atoms with van der Waals surface area (Å²) in [7, 11) is -2.64. The molecule has 14 heavy (non-hydrogen) atoms. The summed E-state index contributed by atoms with van der Waals surface area (Å²) < 4.78 is 25.5. The van der Waals surface area contributed by atoms with Gasteiger partial charge in [0.2, 0.25) is 0 Å². The molecule has 0 radical (unpaired) electrons. The lowest BCUT2D eigenvalue weighted by molar-refractivity contribution is 0.171. The Kier molecular flexibility index (Phi) is 2.52. The lowest BCUT2D eigenvalue weighted by Crippen LogP contribution is -2.15. The molecule has 1 N–H and O–H groups in total. The Hall–Kier alpha value is -1.32. The summed E-state index contributed by atoms with van der Waals surface area (Å²) >= 11 is 0. The maximum atomic E-state index is 10.4. The molecule has 0 aromatic heterocycles. The summed E-state index contributed by atoms with van der Waals surface area (Å²) in [5.41, 5.74) is 0. The minimum absolute atomic E-state index is 0.290. The predicted octanol–water partition coefficient (Wildman–Crippen LogP) is 1.49. The van der Waals surface area contributed by atoms with Gasteiger partial charge in [0.25, 0.3) is 0 Å². The number of ether oxygens (including phenoxy) is 2. The van der Waals surface area contributed by atoms with E-state index in [1.165, 1.54) is 6.07 Å². The highest BCUT2D eigenvalue weighted by molar-refractivity contribution is 7.32. The number of fused-ring (bicyclic) bond motifs is 1. The molecule has 1 aromatic carbocycles. The van der Waals surface area contributed by atoms with Crippen molar-refractivity contribution in [3.63, 3.8) is 0 Å². The van der Waals surface area contributed by atoms with Crippen molar-refractivity contribution in [1.29, 1.82) is 0 Å². The Morgan fingerprint density at radius 3 is 2.71 bits per heavy atom. The molecule has 1 unspecified atom stereocenters. The van der Waals surface area contributed by atoms with Gasteiger partial charge >= 0.3 is 8.25 Å². The van der Waals surface area contributed by atoms with Crippen LogP contribution in [-0.2, 0) is 4.57 Å². The van der Waals surface area contributed by atoms with Gasteiger partial charge in [-0.3, -0.25) is 0 Å². The maximum Gasteiger partial charge on any atom is 0.747 e. The van der Waals surface area contributed by atoms with Crippen molar-refractivity contribution in [3.8, 4) is 17.2 Å². The number of hydrogen-bond donors (Lipinski definition) is 1. The highest BCUT2D eigenvalue weighted by Gasteiger charge is 2.18. The second-order valence-corrected chi connectivity index (χ2v) is 3.29. The van der Waals surface area contributed by atoms with E-state index in [2.05, 4.69) is 4.52 Å². The quantitative estimate of drug-likeness (QED) is 0.757. The van der Waals surface area contributed by atoms with Gasteiger partial charge in [0, 0.05) is 10.6 Å². The van der Waals surface area contributed by atoms with E-state index in [0.29, 0.717) is 24.7 Å². The molecule has 1 aliphatic rings. The molecule has 1 aliphatic heterocycles. The van der Waals surface area contributed by atoms with Crippen LogP contribution < -0.4 is 14.0 Å². The second kappa shape index (κ2) is 3.82. The third-order valence-corrected chi connectivity index (χ3v) is 2.06. The van der Waals surface area contributed by atoms with Crippen LogP contribution in [0.3, 0.4) is 0 Å². The number of rotatable bonds is 2. The van der Waals surface area contributed by atoms with Crippen LogP contribution in [0.15, 0.2) is 18.2 Å². The Morgan fingerprint density at radius 2 is 2.00 bits per heavy atom. The lowest BCUT2D eigenvalue weighted by atomic mass is 10.3. The first-order valence-corrected chi connectivity index (χ1v) is 5.12. The molecule has 0 spiro atoms. The van der Waals surface area contributed by atoms with Crippen LogP contribution in [-0.4, -0.2) is 18.1 Å². The van der Waals surface area contributed by atoms with Crippen molar-refractivity contribution in [2.45, 2.75) is 0 Å². The SMILES string of the molecule is O=[P+](O)Oc1ccc2c(c1)OCCO2. The van der Waals surface area contributed by atoms with E-state index in [1.54, 1.807) is 12.1 Å². The molecule has 1 aromatic rings. The average molecular weight is 215 g/mol. The van der Waals surface area contributed by atoms with E-state index in [4.69, 9.17) is 14.4 Å². The third-order valence-electron chi connectivity index (χ3n) is 1.70. The molecule has 5 nitrogen and oxygen atoms in total. The molecule has 74 valence electrons. The monoisotopic (exact) mass is 215 g/mol. The highest BCUT2D eigenvalue weighted by Crippen LogP contribution is 2.35. The molecule has 0 aliphatic carbocycles. The first-order valence-electron chi connectivity index (χ1n) is 3.99. The molecule has 0 saturated carbocycles. The Balaban J connectivity index is 2.24. The van der Waals surface area contributed by atoms with Crippen LogP contribution in [0, 0.1) is 0 Å². The number of benzene rings is 1. The molecular formula is C8H8O5P+. The van der Waals surface area contributed by atoms with Crippen molar-refractivity contribution in [2.75, 3.05) is 13.2 Å². The largest absolute Gasteiger partial charge is 0.747 e. The summed E-state index contributed by atoms with van der Waals surface area (Å²) in [4.78, 5) is 8.52. The second-order valence-electron chi connectivity index (χ2n) is 2.63. The molecule has 0 bridgehead atoms. The number of hydrogen-bond acceptors (Lipinski definition) is 4. The van der Waals surface area contributed by atoms with Crippen molar-refractivity contribution in [3.05, 3.63) is 18.2 Å². The third kappa shape index (κ3) is 1.95. The standard InChI is InChI=1S/C8H7O5P/c9-14(10)13-6-1-2-7-8(5-6)12-4-3-11-7/h1-2,5H,3-4H2/p+1. The predicted molar refractivity (Wildman–Crippen MR) is 47.9 cm³/mol. The van der Waals surface area contributed by atoms with Crippen LogP contribution >= 0.6 is 8.25 Å². The van der Waals surface area contributed by atoms with Gasteiger partial charge in [-0.15, -0.1) is 4.89 Å². The summed E-state index contributed by atoms with van der Waals surface area (Å²) in [5.74, 6) is 1.44. The molecule has 1 heterocycles. The Morgan fingerprint density at radius 1 is 1.29 bits per heavy atom. The summed E-state index contributed by atoms with van der Waals surface area (Å²) in [6, 6.07) is 4.72. The fourth-order valence-corrected chi connectivity index (χ4v) is 1.46. The van der Waals surface area contributed by atoms with E-state index in [1.807, 2.05) is 0 Å². The van der Waals surface area contributed by atoms with E-state index >= 15 is 0 Å². The van der Waals surface area contributed by atoms with Crippen LogP contribution in [0.5, 0.6) is 17.2 Å². The van der Waals surface area contributed by atoms with Gasteiger partial charge in [-0.1, -0.05) is 0 Å². The van der Waals surface area contributed by atoms with Crippen molar-refractivity contribution in [2.24, 2.45) is 0 Å². The average Bonchev–Trinajstić information content (AvgIpc) is 2.17. The first kappa shape index (κ1) is 9.24. The Labute approximate surface area is 81.2 Å². The zero-order valence-electron chi connectivity index (χ0n) is 7.17. The molecule has 0 saturated heterocycles. The first-order chi connectivity index (χ1) is 6.75. The topological polar surface area (TPSA) is 65.0 Å². The normalized spacial score (nSPS) is 14.8. The smallest absolute Gasteiger partial charge is 0.486 e. The van der Waals surface area contributed by atoms with Crippen LogP contribution in [0.2, 0.25) is 0 Å². The summed E-state index contributed by atoms with van der Waals surface area (Å²) in [5, 5.41) is 0. The van der Waals surface area contributed by atoms with Gasteiger partial charge in [0.1, 0.15) is 13.2 Å². The van der Waals surface area contributed by atoms with Crippen LogP contribution in [0.25, 0.3) is 0 Å². The zero-order chi connectivity index (χ0) is 9.97. The van der Waals surface area contributed by atoms with Crippen molar-refractivity contribution in [1.82, 2.24) is 0 Å². The summed E-state index contributed by atoms with van der Waals surface area (Å²) in [6.07, 6.45) is 0. The van der Waals surface area contributed by atoms with Gasteiger partial charge in [-0.25, -0.2) is 4.52 Å². The highest BCUT2D eigenvalue weighted by atomic mass is 31.1. The van der Waals surface area contributed by atoms with Gasteiger partial charge in [-0.2, -0.15) is 0 Å². The van der Waals surface area contributed by atoms with E-state index in [0.717, 1.165) is 0 Å². The Bertz CT molecular complexity index is 365. The van der Waals surface area contributed by atoms with Gasteiger partial charge in [-0.05, 0) is 12.1 Å².